The Kier molecular flexibility index (Phi) is 7.26. The van der Waals surface area contributed by atoms with Gasteiger partial charge in [0.25, 0.3) is 5.92 Å². The van der Waals surface area contributed by atoms with Crippen molar-refractivity contribution in [3.63, 3.8) is 0 Å². The first-order valence-electron chi connectivity index (χ1n) is 11.0. The summed E-state index contributed by atoms with van der Waals surface area (Å²) < 4.78 is 32.7. The number of nitrogens with zero attached hydrogens (tertiary/aromatic N) is 4. The lowest BCUT2D eigenvalue weighted by atomic mass is 10.0. The number of halogens is 2. The molecule has 0 bridgehead atoms. The van der Waals surface area contributed by atoms with Gasteiger partial charge in [0.05, 0.1) is 23.9 Å². The highest BCUT2D eigenvalue weighted by Gasteiger charge is 2.34. The van der Waals surface area contributed by atoms with E-state index in [1.165, 1.54) is 0 Å². The molecule has 1 aromatic carbocycles. The van der Waals surface area contributed by atoms with Crippen LogP contribution in [-0.4, -0.2) is 66.3 Å². The van der Waals surface area contributed by atoms with Crippen molar-refractivity contribution >= 4 is 36.0 Å². The Morgan fingerprint density at radius 1 is 1.12 bits per heavy atom. The standard InChI is InChI=1S/C23H26F2N6O.H2S/c24-23(25)5-10-31(11-6-23)17-3-1-16(2-4-17)19-13-20-21(28-8-7-27-20)22(30-19)29-15-18-14-26-9-12-32-18;/h1-4,7-8,13,18,26H,5-6,9-12,14-15H2,(H,29,30);1H2/t18-;/m0./s1. The van der Waals surface area contributed by atoms with Crippen molar-refractivity contribution in [3.05, 3.63) is 42.7 Å². The van der Waals surface area contributed by atoms with Gasteiger partial charge < -0.3 is 20.3 Å². The molecule has 0 saturated carbocycles. The molecular formula is C23H28F2N6OS. The molecule has 7 nitrogen and oxygen atoms in total. The SMILES string of the molecule is FC1(F)CCN(c2ccc(-c3cc4nccnc4c(NC[C@@H]4CNCCO4)n3)cc2)CC1.S. The van der Waals surface area contributed by atoms with Crippen molar-refractivity contribution in [1.82, 2.24) is 20.3 Å². The van der Waals surface area contributed by atoms with Crippen molar-refractivity contribution in [2.75, 3.05) is 49.5 Å². The molecule has 2 fully saturated rings. The number of nitrogens with one attached hydrogen (secondary N) is 2. The predicted molar refractivity (Wildman–Crippen MR) is 131 cm³/mol. The van der Waals surface area contributed by atoms with Gasteiger partial charge in [0, 0.05) is 69.2 Å². The van der Waals surface area contributed by atoms with Gasteiger partial charge in [0.2, 0.25) is 0 Å². The lowest BCUT2D eigenvalue weighted by molar-refractivity contribution is -0.0220. The maximum absolute atomic E-state index is 13.5. The Morgan fingerprint density at radius 2 is 1.88 bits per heavy atom. The third-order valence-corrected chi connectivity index (χ3v) is 5.98. The quantitative estimate of drug-likeness (QED) is 0.587. The molecule has 4 heterocycles. The van der Waals surface area contributed by atoms with Crippen molar-refractivity contribution in [2.24, 2.45) is 0 Å². The monoisotopic (exact) mass is 474 g/mol. The molecule has 5 rings (SSSR count). The fourth-order valence-electron chi connectivity index (χ4n) is 4.14. The maximum Gasteiger partial charge on any atom is 0.251 e. The second-order valence-corrected chi connectivity index (χ2v) is 8.25. The lowest BCUT2D eigenvalue weighted by Crippen LogP contribution is -2.42. The highest BCUT2D eigenvalue weighted by molar-refractivity contribution is 7.59. The van der Waals surface area contributed by atoms with Crippen LogP contribution in [0.4, 0.5) is 20.3 Å². The second-order valence-electron chi connectivity index (χ2n) is 8.25. The largest absolute Gasteiger partial charge is 0.374 e. The molecule has 2 saturated heterocycles. The first-order valence-corrected chi connectivity index (χ1v) is 11.0. The molecule has 176 valence electrons. The van der Waals surface area contributed by atoms with Crippen LogP contribution in [0.3, 0.4) is 0 Å². The summed E-state index contributed by atoms with van der Waals surface area (Å²) in [5, 5.41) is 6.70. The molecular weight excluding hydrogens is 446 g/mol. The van der Waals surface area contributed by atoms with E-state index in [1.54, 1.807) is 12.4 Å². The molecule has 10 heteroatoms. The Balaban J connectivity index is 0.00000259. The van der Waals surface area contributed by atoms with E-state index in [2.05, 4.69) is 20.6 Å². The molecule has 0 radical (unpaired) electrons. The van der Waals surface area contributed by atoms with Gasteiger partial charge in [-0.1, -0.05) is 12.1 Å². The zero-order chi connectivity index (χ0) is 22.0. The molecule has 3 aromatic rings. The number of alkyl halides is 2. The summed E-state index contributed by atoms with van der Waals surface area (Å²) in [6.07, 6.45) is 3.19. The number of benzene rings is 1. The van der Waals surface area contributed by atoms with Gasteiger partial charge in [-0.3, -0.25) is 4.98 Å². The van der Waals surface area contributed by atoms with Gasteiger partial charge in [-0.15, -0.1) is 0 Å². The van der Waals surface area contributed by atoms with Gasteiger partial charge >= 0.3 is 0 Å². The minimum absolute atomic E-state index is 0. The molecule has 2 N–H and O–H groups in total. The van der Waals surface area contributed by atoms with Crippen LogP contribution in [0.1, 0.15) is 12.8 Å². The number of fused-ring (bicyclic) bond motifs is 1. The second kappa shape index (κ2) is 10.1. The van der Waals surface area contributed by atoms with Gasteiger partial charge in [-0.2, -0.15) is 13.5 Å². The van der Waals surface area contributed by atoms with E-state index < -0.39 is 5.92 Å². The predicted octanol–water partition coefficient (Wildman–Crippen LogP) is 3.44. The normalized spacial score (nSPS) is 20.3. The van der Waals surface area contributed by atoms with Crippen LogP contribution >= 0.6 is 13.5 Å². The number of hydrogen-bond donors (Lipinski definition) is 2. The van der Waals surface area contributed by atoms with Crippen LogP contribution in [0, 0.1) is 0 Å². The number of hydrogen-bond acceptors (Lipinski definition) is 7. The van der Waals surface area contributed by atoms with Crippen LogP contribution < -0.4 is 15.5 Å². The van der Waals surface area contributed by atoms with E-state index in [0.717, 1.165) is 35.6 Å². The van der Waals surface area contributed by atoms with Crippen LogP contribution in [0.5, 0.6) is 0 Å². The highest BCUT2D eigenvalue weighted by atomic mass is 32.1. The summed E-state index contributed by atoms with van der Waals surface area (Å²) in [7, 11) is 0. The fourth-order valence-corrected chi connectivity index (χ4v) is 4.14. The third-order valence-electron chi connectivity index (χ3n) is 5.98. The number of pyridine rings is 1. The molecule has 0 unspecified atom stereocenters. The molecule has 2 aliphatic heterocycles. The number of piperidine rings is 1. The van der Waals surface area contributed by atoms with Crippen molar-refractivity contribution in [2.45, 2.75) is 24.9 Å². The summed E-state index contributed by atoms with van der Waals surface area (Å²) in [5.41, 5.74) is 4.13. The van der Waals surface area contributed by atoms with Crippen LogP contribution in [0.15, 0.2) is 42.7 Å². The summed E-state index contributed by atoms with van der Waals surface area (Å²) in [6.45, 7) is 3.70. The van der Waals surface area contributed by atoms with E-state index in [-0.39, 0.29) is 32.4 Å². The molecule has 2 aliphatic rings. The minimum Gasteiger partial charge on any atom is -0.374 e. The van der Waals surface area contributed by atoms with Crippen molar-refractivity contribution in [3.8, 4) is 11.3 Å². The van der Waals surface area contributed by atoms with E-state index in [9.17, 15) is 8.78 Å². The average Bonchev–Trinajstić information content (AvgIpc) is 2.83. The first-order chi connectivity index (χ1) is 15.6. The number of anilines is 2. The Hall–Kier alpha value is -2.56. The van der Waals surface area contributed by atoms with Crippen LogP contribution in [-0.2, 0) is 4.74 Å². The van der Waals surface area contributed by atoms with Crippen LogP contribution in [0.2, 0.25) is 0 Å². The van der Waals surface area contributed by atoms with E-state index in [0.29, 0.717) is 37.6 Å². The van der Waals surface area contributed by atoms with E-state index >= 15 is 0 Å². The molecule has 2 aromatic heterocycles. The number of ether oxygens (including phenoxy) is 1. The average molecular weight is 475 g/mol. The van der Waals surface area contributed by atoms with Crippen molar-refractivity contribution < 1.29 is 13.5 Å². The topological polar surface area (TPSA) is 75.2 Å². The zero-order valence-corrected chi connectivity index (χ0v) is 19.2. The number of morpholine rings is 1. The Morgan fingerprint density at radius 3 is 2.61 bits per heavy atom. The van der Waals surface area contributed by atoms with Crippen molar-refractivity contribution in [1.29, 1.82) is 0 Å². The number of rotatable bonds is 5. The minimum atomic E-state index is -2.55. The highest BCUT2D eigenvalue weighted by Crippen LogP contribution is 2.32. The zero-order valence-electron chi connectivity index (χ0n) is 18.2. The van der Waals surface area contributed by atoms with Crippen LogP contribution in [0.25, 0.3) is 22.3 Å². The molecule has 0 spiro atoms. The lowest BCUT2D eigenvalue weighted by Gasteiger charge is -2.33. The first kappa shape index (κ1) is 23.6. The molecule has 33 heavy (non-hydrogen) atoms. The summed E-state index contributed by atoms with van der Waals surface area (Å²) in [4.78, 5) is 15.7. The van der Waals surface area contributed by atoms with Gasteiger partial charge in [-0.05, 0) is 18.2 Å². The Bertz CT molecular complexity index is 1070. The smallest absolute Gasteiger partial charge is 0.251 e. The molecule has 1 atom stereocenters. The van der Waals surface area contributed by atoms with Gasteiger partial charge in [-0.25, -0.2) is 18.7 Å². The van der Waals surface area contributed by atoms with Gasteiger partial charge in [0.1, 0.15) is 5.52 Å². The molecule has 0 amide bonds. The summed E-state index contributed by atoms with van der Waals surface area (Å²) >= 11 is 0. The van der Waals surface area contributed by atoms with E-state index in [4.69, 9.17) is 9.72 Å². The fraction of sp³-hybridized carbons (Fsp3) is 0.435. The Labute approximate surface area is 198 Å². The maximum atomic E-state index is 13.5. The molecule has 0 aliphatic carbocycles. The summed E-state index contributed by atoms with van der Waals surface area (Å²) in [6, 6.07) is 9.81. The summed E-state index contributed by atoms with van der Waals surface area (Å²) in [5.74, 6) is -1.88. The van der Waals surface area contributed by atoms with E-state index in [1.807, 2.05) is 35.2 Å². The third kappa shape index (κ3) is 5.51. The van der Waals surface area contributed by atoms with Gasteiger partial charge in [0.15, 0.2) is 5.82 Å². The number of aromatic nitrogens is 3.